The van der Waals surface area contributed by atoms with Gasteiger partial charge in [0.2, 0.25) is 5.91 Å². The van der Waals surface area contributed by atoms with Gasteiger partial charge in [-0.15, -0.1) is 10.2 Å². The molecule has 3 heterocycles. The number of benzene rings is 1. The highest BCUT2D eigenvalue weighted by Crippen LogP contribution is 2.18. The van der Waals surface area contributed by atoms with Gasteiger partial charge in [-0.25, -0.2) is 4.39 Å². The Labute approximate surface area is 162 Å². The first-order valence-corrected chi connectivity index (χ1v) is 9.20. The SMILES string of the molecule is O=C(Cc1ccc(F)cc1)N1CCN(c2ccc(-c3cccnc3)nn2)CC1. The van der Waals surface area contributed by atoms with E-state index in [2.05, 4.69) is 20.1 Å². The molecule has 0 N–H and O–H groups in total. The number of aromatic nitrogens is 3. The number of rotatable bonds is 4. The van der Waals surface area contributed by atoms with Gasteiger partial charge >= 0.3 is 0 Å². The van der Waals surface area contributed by atoms with Crippen LogP contribution in [0.3, 0.4) is 0 Å². The summed E-state index contributed by atoms with van der Waals surface area (Å²) in [5.41, 5.74) is 2.54. The summed E-state index contributed by atoms with van der Waals surface area (Å²) in [4.78, 5) is 20.5. The molecule has 1 fully saturated rings. The minimum absolute atomic E-state index is 0.0595. The Morgan fingerprint density at radius 3 is 2.39 bits per heavy atom. The number of hydrogen-bond acceptors (Lipinski definition) is 5. The average Bonchev–Trinajstić information content (AvgIpc) is 2.76. The molecule has 0 saturated carbocycles. The first-order valence-electron chi connectivity index (χ1n) is 9.20. The van der Waals surface area contributed by atoms with Gasteiger partial charge in [0.15, 0.2) is 5.82 Å². The van der Waals surface area contributed by atoms with Crippen LogP contribution in [0.4, 0.5) is 10.2 Å². The van der Waals surface area contributed by atoms with Crippen molar-refractivity contribution in [3.63, 3.8) is 0 Å². The molecule has 1 aliphatic heterocycles. The van der Waals surface area contributed by atoms with Crippen molar-refractivity contribution >= 4 is 11.7 Å². The molecule has 1 aromatic carbocycles. The van der Waals surface area contributed by atoms with Gasteiger partial charge in [-0.1, -0.05) is 12.1 Å². The van der Waals surface area contributed by atoms with E-state index in [4.69, 9.17) is 0 Å². The molecule has 0 bridgehead atoms. The molecule has 1 aliphatic rings. The molecule has 2 aromatic heterocycles. The molecule has 0 unspecified atom stereocenters. The van der Waals surface area contributed by atoms with Crippen LogP contribution in [-0.4, -0.2) is 52.2 Å². The lowest BCUT2D eigenvalue weighted by Crippen LogP contribution is -2.49. The second-order valence-corrected chi connectivity index (χ2v) is 6.69. The zero-order chi connectivity index (χ0) is 19.3. The quantitative estimate of drug-likeness (QED) is 0.699. The summed E-state index contributed by atoms with van der Waals surface area (Å²) in [6, 6.07) is 13.8. The van der Waals surface area contributed by atoms with Gasteiger partial charge in [0, 0.05) is 44.1 Å². The summed E-state index contributed by atoms with van der Waals surface area (Å²) in [6.07, 6.45) is 3.78. The van der Waals surface area contributed by atoms with E-state index in [0.29, 0.717) is 32.6 Å². The number of carbonyl (C=O) groups excluding carboxylic acids is 1. The van der Waals surface area contributed by atoms with Crippen LogP contribution in [0.25, 0.3) is 11.3 Å². The zero-order valence-corrected chi connectivity index (χ0v) is 15.3. The number of pyridine rings is 1. The highest BCUT2D eigenvalue weighted by Gasteiger charge is 2.22. The predicted molar refractivity (Wildman–Crippen MR) is 104 cm³/mol. The van der Waals surface area contributed by atoms with Gasteiger partial charge in [0.1, 0.15) is 5.82 Å². The minimum atomic E-state index is -0.291. The maximum atomic E-state index is 13.0. The summed E-state index contributed by atoms with van der Waals surface area (Å²) in [5.74, 6) is 0.572. The molecule has 7 heteroatoms. The van der Waals surface area contributed by atoms with Gasteiger partial charge in [-0.3, -0.25) is 9.78 Å². The number of halogens is 1. The zero-order valence-electron chi connectivity index (χ0n) is 15.3. The van der Waals surface area contributed by atoms with Crippen LogP contribution in [-0.2, 0) is 11.2 Å². The van der Waals surface area contributed by atoms with Crippen molar-refractivity contribution in [2.75, 3.05) is 31.1 Å². The van der Waals surface area contributed by atoms with Gasteiger partial charge < -0.3 is 9.80 Å². The third-order valence-corrected chi connectivity index (χ3v) is 4.83. The van der Waals surface area contributed by atoms with Crippen LogP contribution < -0.4 is 4.90 Å². The Morgan fingerprint density at radius 1 is 0.964 bits per heavy atom. The third kappa shape index (κ3) is 4.14. The molecule has 1 amide bonds. The van der Waals surface area contributed by atoms with E-state index in [-0.39, 0.29) is 11.7 Å². The second-order valence-electron chi connectivity index (χ2n) is 6.69. The molecule has 6 nitrogen and oxygen atoms in total. The predicted octanol–water partition coefficient (Wildman–Crippen LogP) is 2.57. The van der Waals surface area contributed by atoms with Gasteiger partial charge in [-0.05, 0) is 42.0 Å². The highest BCUT2D eigenvalue weighted by atomic mass is 19.1. The number of anilines is 1. The Balaban J connectivity index is 1.33. The summed E-state index contributed by atoms with van der Waals surface area (Å²) in [6.45, 7) is 2.67. The fourth-order valence-electron chi connectivity index (χ4n) is 3.24. The van der Waals surface area contributed by atoms with Gasteiger partial charge in [0.05, 0.1) is 12.1 Å². The largest absolute Gasteiger partial charge is 0.352 e. The lowest BCUT2D eigenvalue weighted by molar-refractivity contribution is -0.130. The summed E-state index contributed by atoms with van der Waals surface area (Å²) in [7, 11) is 0. The van der Waals surface area contributed by atoms with Crippen molar-refractivity contribution < 1.29 is 9.18 Å². The molecule has 4 rings (SSSR count). The summed E-state index contributed by atoms with van der Waals surface area (Å²) >= 11 is 0. The third-order valence-electron chi connectivity index (χ3n) is 4.83. The van der Waals surface area contributed by atoms with Crippen LogP contribution in [0.1, 0.15) is 5.56 Å². The minimum Gasteiger partial charge on any atom is -0.352 e. The van der Waals surface area contributed by atoms with Crippen molar-refractivity contribution in [3.8, 4) is 11.3 Å². The number of amides is 1. The normalized spacial score (nSPS) is 14.2. The molecule has 3 aromatic rings. The standard InChI is InChI=1S/C21H20FN5O/c22-18-5-3-16(4-6-18)14-21(28)27-12-10-26(11-13-27)20-8-7-19(24-25-20)17-2-1-9-23-15-17/h1-9,15H,10-14H2. The van der Waals surface area contributed by atoms with Crippen molar-refractivity contribution in [1.82, 2.24) is 20.1 Å². The Morgan fingerprint density at radius 2 is 1.75 bits per heavy atom. The molecular weight excluding hydrogens is 357 g/mol. The van der Waals surface area contributed by atoms with Crippen LogP contribution in [0, 0.1) is 5.82 Å². The first kappa shape index (κ1) is 18.0. The van der Waals surface area contributed by atoms with E-state index in [9.17, 15) is 9.18 Å². The van der Waals surface area contributed by atoms with E-state index in [0.717, 1.165) is 22.6 Å². The van der Waals surface area contributed by atoms with Crippen molar-refractivity contribution in [1.29, 1.82) is 0 Å². The fourth-order valence-corrected chi connectivity index (χ4v) is 3.24. The molecule has 142 valence electrons. The second kappa shape index (κ2) is 8.12. The number of carbonyl (C=O) groups is 1. The number of nitrogens with zero attached hydrogens (tertiary/aromatic N) is 5. The van der Waals surface area contributed by atoms with Crippen LogP contribution in [0.15, 0.2) is 60.9 Å². The van der Waals surface area contributed by atoms with E-state index in [1.807, 2.05) is 29.2 Å². The Bertz CT molecular complexity index is 923. The van der Waals surface area contributed by atoms with Gasteiger partial charge in [0.25, 0.3) is 0 Å². The summed E-state index contributed by atoms with van der Waals surface area (Å²) in [5, 5.41) is 8.63. The number of hydrogen-bond donors (Lipinski definition) is 0. The first-order chi connectivity index (χ1) is 13.7. The smallest absolute Gasteiger partial charge is 0.227 e. The van der Waals surface area contributed by atoms with E-state index < -0.39 is 0 Å². The molecule has 0 atom stereocenters. The lowest BCUT2D eigenvalue weighted by Gasteiger charge is -2.35. The lowest BCUT2D eigenvalue weighted by atomic mass is 10.1. The summed E-state index contributed by atoms with van der Waals surface area (Å²) < 4.78 is 13.0. The molecule has 0 aliphatic carbocycles. The Kier molecular flexibility index (Phi) is 5.23. The Hall–Kier alpha value is -3.35. The van der Waals surface area contributed by atoms with Crippen molar-refractivity contribution in [3.05, 3.63) is 72.3 Å². The molecular formula is C21H20FN5O. The topological polar surface area (TPSA) is 62.2 Å². The highest BCUT2D eigenvalue weighted by molar-refractivity contribution is 5.79. The van der Waals surface area contributed by atoms with Crippen LogP contribution in [0.5, 0.6) is 0 Å². The van der Waals surface area contributed by atoms with Crippen molar-refractivity contribution in [2.24, 2.45) is 0 Å². The van der Waals surface area contributed by atoms with E-state index in [1.54, 1.807) is 24.5 Å². The average molecular weight is 377 g/mol. The number of piperazine rings is 1. The van der Waals surface area contributed by atoms with Gasteiger partial charge in [-0.2, -0.15) is 0 Å². The molecule has 28 heavy (non-hydrogen) atoms. The van der Waals surface area contributed by atoms with Crippen LogP contribution in [0.2, 0.25) is 0 Å². The van der Waals surface area contributed by atoms with Crippen molar-refractivity contribution in [2.45, 2.75) is 6.42 Å². The molecule has 1 saturated heterocycles. The maximum absolute atomic E-state index is 13.0. The fraction of sp³-hybridized carbons (Fsp3) is 0.238. The van der Waals surface area contributed by atoms with Crippen LogP contribution >= 0.6 is 0 Å². The molecule has 0 spiro atoms. The van der Waals surface area contributed by atoms with E-state index in [1.165, 1.54) is 12.1 Å². The van der Waals surface area contributed by atoms with E-state index >= 15 is 0 Å². The monoisotopic (exact) mass is 377 g/mol. The maximum Gasteiger partial charge on any atom is 0.227 e. The molecule has 0 radical (unpaired) electrons.